The molecule has 3 rings (SSSR count). The fourth-order valence-electron chi connectivity index (χ4n) is 3.27. The minimum Gasteiger partial charge on any atom is -0.375 e. The van der Waals surface area contributed by atoms with Gasteiger partial charge in [0, 0.05) is 26.3 Å². The van der Waals surface area contributed by atoms with Crippen LogP contribution in [0.25, 0.3) is 0 Å². The number of guanidine groups is 1. The fraction of sp³-hybridized carbons (Fsp3) is 0.923. The number of nitrogens with zero attached hydrogens (tertiary/aromatic N) is 1. The van der Waals surface area contributed by atoms with Gasteiger partial charge in [-0.1, -0.05) is 0 Å². The Kier molecular flexibility index (Phi) is 5.30. The molecule has 2 fully saturated rings. The summed E-state index contributed by atoms with van der Waals surface area (Å²) in [7, 11) is 0. The van der Waals surface area contributed by atoms with Gasteiger partial charge in [0.15, 0.2) is 5.96 Å². The van der Waals surface area contributed by atoms with Crippen molar-refractivity contribution < 1.29 is 9.47 Å². The SMILES string of the molecule is CCOC1CC(NC2=NCCCN2)C12CCCO2.I. The molecule has 19 heavy (non-hydrogen) atoms. The van der Waals surface area contributed by atoms with Crippen LogP contribution < -0.4 is 10.6 Å². The third kappa shape index (κ3) is 2.85. The van der Waals surface area contributed by atoms with Crippen molar-refractivity contribution in [3.8, 4) is 0 Å². The summed E-state index contributed by atoms with van der Waals surface area (Å²) in [5.74, 6) is 0.941. The van der Waals surface area contributed by atoms with Crippen molar-refractivity contribution in [3.05, 3.63) is 0 Å². The van der Waals surface area contributed by atoms with Gasteiger partial charge < -0.3 is 20.1 Å². The van der Waals surface area contributed by atoms with Crippen molar-refractivity contribution in [1.82, 2.24) is 10.6 Å². The highest BCUT2D eigenvalue weighted by Gasteiger charge is 2.59. The number of halogens is 1. The molecule has 1 saturated carbocycles. The fourth-order valence-corrected chi connectivity index (χ4v) is 3.27. The number of rotatable bonds is 3. The zero-order chi connectivity index (χ0) is 12.4. The van der Waals surface area contributed by atoms with E-state index < -0.39 is 0 Å². The Bertz CT molecular complexity index is 332. The third-order valence-electron chi connectivity index (χ3n) is 4.24. The van der Waals surface area contributed by atoms with Crippen molar-refractivity contribution >= 4 is 29.9 Å². The van der Waals surface area contributed by atoms with Crippen LogP contribution in [-0.2, 0) is 9.47 Å². The summed E-state index contributed by atoms with van der Waals surface area (Å²) < 4.78 is 11.8. The summed E-state index contributed by atoms with van der Waals surface area (Å²) in [5, 5.41) is 6.82. The van der Waals surface area contributed by atoms with Crippen LogP contribution >= 0.6 is 24.0 Å². The van der Waals surface area contributed by atoms with Gasteiger partial charge in [-0.3, -0.25) is 4.99 Å². The Morgan fingerprint density at radius 2 is 2.42 bits per heavy atom. The second-order valence-corrected chi connectivity index (χ2v) is 5.29. The van der Waals surface area contributed by atoms with E-state index in [-0.39, 0.29) is 35.7 Å². The predicted octanol–water partition coefficient (Wildman–Crippen LogP) is 1.27. The molecule has 0 aromatic carbocycles. The molecule has 1 spiro atoms. The lowest BCUT2D eigenvalue weighted by molar-refractivity contribution is -0.194. The van der Waals surface area contributed by atoms with Crippen LogP contribution in [0, 0.1) is 0 Å². The Morgan fingerprint density at radius 3 is 3.05 bits per heavy atom. The standard InChI is InChI=1S/C13H23N3O2.HI/c1-2-17-11-9-10(13(11)5-3-8-18-13)16-12-14-6-4-7-15-12;/h10-11H,2-9H2,1H3,(H2,14,15,16);1H. The first-order valence-corrected chi connectivity index (χ1v) is 7.15. The molecule has 3 unspecified atom stereocenters. The predicted molar refractivity (Wildman–Crippen MR) is 85.2 cm³/mol. The van der Waals surface area contributed by atoms with Gasteiger partial charge in [-0.15, -0.1) is 24.0 Å². The molecule has 0 aromatic heterocycles. The van der Waals surface area contributed by atoms with E-state index in [1.165, 1.54) is 0 Å². The zero-order valence-corrected chi connectivity index (χ0v) is 13.8. The van der Waals surface area contributed by atoms with E-state index in [1.54, 1.807) is 0 Å². The smallest absolute Gasteiger partial charge is 0.191 e. The van der Waals surface area contributed by atoms with Gasteiger partial charge >= 0.3 is 0 Å². The molecule has 0 radical (unpaired) electrons. The second-order valence-electron chi connectivity index (χ2n) is 5.29. The highest BCUT2D eigenvalue weighted by molar-refractivity contribution is 14.0. The minimum absolute atomic E-state index is 0. The molecule has 2 aliphatic heterocycles. The van der Waals surface area contributed by atoms with Gasteiger partial charge in [-0.25, -0.2) is 0 Å². The lowest BCUT2D eigenvalue weighted by Gasteiger charge is -2.52. The van der Waals surface area contributed by atoms with E-state index >= 15 is 0 Å². The van der Waals surface area contributed by atoms with Crippen LogP contribution in [0.2, 0.25) is 0 Å². The average molecular weight is 381 g/mol. The number of nitrogens with one attached hydrogen (secondary N) is 2. The zero-order valence-electron chi connectivity index (χ0n) is 11.5. The summed E-state index contributed by atoms with van der Waals surface area (Å²) in [6, 6.07) is 0.348. The molecule has 0 amide bonds. The van der Waals surface area contributed by atoms with Crippen LogP contribution in [0.5, 0.6) is 0 Å². The third-order valence-corrected chi connectivity index (χ3v) is 4.24. The first kappa shape index (κ1) is 15.3. The van der Waals surface area contributed by atoms with E-state index in [0.717, 1.165) is 57.9 Å². The Balaban J connectivity index is 0.00000133. The summed E-state index contributed by atoms with van der Waals surface area (Å²) >= 11 is 0. The summed E-state index contributed by atoms with van der Waals surface area (Å²) in [6.07, 6.45) is 4.64. The van der Waals surface area contributed by atoms with Crippen molar-refractivity contribution in [2.75, 3.05) is 26.3 Å². The van der Waals surface area contributed by atoms with Gasteiger partial charge in [0.25, 0.3) is 0 Å². The Labute approximate surface area is 131 Å². The minimum atomic E-state index is -0.0995. The maximum Gasteiger partial charge on any atom is 0.191 e. The number of hydrogen-bond acceptors (Lipinski definition) is 5. The van der Waals surface area contributed by atoms with Crippen molar-refractivity contribution in [1.29, 1.82) is 0 Å². The molecule has 3 aliphatic rings. The Hall–Kier alpha value is -0.0800. The molecule has 2 N–H and O–H groups in total. The van der Waals surface area contributed by atoms with Crippen LogP contribution in [-0.4, -0.2) is 50.0 Å². The normalized spacial score (nSPS) is 37.0. The molecule has 1 saturated heterocycles. The van der Waals surface area contributed by atoms with Gasteiger partial charge in [0.1, 0.15) is 5.60 Å². The Morgan fingerprint density at radius 1 is 1.53 bits per heavy atom. The number of ether oxygens (including phenoxy) is 2. The maximum atomic E-state index is 6.03. The molecule has 6 heteroatoms. The van der Waals surface area contributed by atoms with Gasteiger partial charge in [-0.05, 0) is 32.6 Å². The van der Waals surface area contributed by atoms with Crippen LogP contribution in [0.3, 0.4) is 0 Å². The lowest BCUT2D eigenvalue weighted by atomic mass is 9.70. The van der Waals surface area contributed by atoms with Gasteiger partial charge in [0.2, 0.25) is 0 Å². The molecule has 0 bridgehead atoms. The number of hydrogen-bond donors (Lipinski definition) is 2. The van der Waals surface area contributed by atoms with Crippen molar-refractivity contribution in [3.63, 3.8) is 0 Å². The molecule has 5 nitrogen and oxygen atoms in total. The second kappa shape index (κ2) is 6.58. The van der Waals surface area contributed by atoms with Crippen LogP contribution in [0.15, 0.2) is 4.99 Å². The molecule has 110 valence electrons. The van der Waals surface area contributed by atoms with Crippen LogP contribution in [0.1, 0.15) is 32.6 Å². The highest BCUT2D eigenvalue weighted by atomic mass is 127. The van der Waals surface area contributed by atoms with E-state index in [2.05, 4.69) is 22.5 Å². The molecule has 3 atom stereocenters. The van der Waals surface area contributed by atoms with Crippen molar-refractivity contribution in [2.24, 2.45) is 4.99 Å². The molecular formula is C13H24IN3O2. The highest BCUT2D eigenvalue weighted by Crippen LogP contribution is 2.45. The van der Waals surface area contributed by atoms with E-state index in [0.29, 0.717) is 6.04 Å². The lowest BCUT2D eigenvalue weighted by Crippen LogP contribution is -2.70. The van der Waals surface area contributed by atoms with Crippen molar-refractivity contribution in [2.45, 2.75) is 50.4 Å². The first-order valence-electron chi connectivity index (χ1n) is 7.15. The summed E-state index contributed by atoms with van der Waals surface area (Å²) in [4.78, 5) is 4.47. The maximum absolute atomic E-state index is 6.03. The van der Waals surface area contributed by atoms with Gasteiger partial charge in [-0.2, -0.15) is 0 Å². The van der Waals surface area contributed by atoms with Gasteiger partial charge in [0.05, 0.1) is 12.1 Å². The number of aliphatic imine (C=N–C) groups is 1. The van der Waals surface area contributed by atoms with E-state index in [1.807, 2.05) is 0 Å². The van der Waals surface area contributed by atoms with E-state index in [9.17, 15) is 0 Å². The largest absolute Gasteiger partial charge is 0.375 e. The summed E-state index contributed by atoms with van der Waals surface area (Å²) in [5.41, 5.74) is -0.0995. The summed E-state index contributed by atoms with van der Waals surface area (Å²) in [6.45, 7) is 5.62. The van der Waals surface area contributed by atoms with Crippen LogP contribution in [0.4, 0.5) is 0 Å². The molecular weight excluding hydrogens is 357 g/mol. The molecule has 2 heterocycles. The monoisotopic (exact) mass is 381 g/mol. The first-order chi connectivity index (χ1) is 8.85. The molecule has 1 aliphatic carbocycles. The quantitative estimate of drug-likeness (QED) is 0.724. The topological polar surface area (TPSA) is 54.9 Å². The average Bonchev–Trinajstić information content (AvgIpc) is 2.91. The van der Waals surface area contributed by atoms with E-state index in [4.69, 9.17) is 9.47 Å². The molecule has 0 aromatic rings.